The molecule has 3 rings (SSSR count). The Morgan fingerprint density at radius 2 is 1.95 bits per heavy atom. The van der Waals surface area contributed by atoms with Crippen LogP contribution in [0.15, 0.2) is 29.1 Å². The number of carbonyl (C=O) groups is 1. The van der Waals surface area contributed by atoms with E-state index in [1.54, 1.807) is 29.5 Å². The SMILES string of the molecule is Cc1nnc2c(=O)n(CC(=O)O)c3ccccc3n12. The predicted molar refractivity (Wildman–Crippen MR) is 67.1 cm³/mol. The minimum Gasteiger partial charge on any atom is -0.480 e. The fourth-order valence-corrected chi connectivity index (χ4v) is 2.19. The largest absolute Gasteiger partial charge is 0.480 e. The topological polar surface area (TPSA) is 89.5 Å². The van der Waals surface area contributed by atoms with Crippen molar-refractivity contribution >= 4 is 22.6 Å². The number of para-hydroxylation sites is 2. The number of benzene rings is 1. The van der Waals surface area contributed by atoms with Crippen LogP contribution >= 0.6 is 0 Å². The van der Waals surface area contributed by atoms with Crippen LogP contribution in [0, 0.1) is 6.92 Å². The van der Waals surface area contributed by atoms with Crippen molar-refractivity contribution in [3.8, 4) is 0 Å². The Labute approximate surface area is 106 Å². The molecule has 0 fully saturated rings. The van der Waals surface area contributed by atoms with Gasteiger partial charge in [-0.1, -0.05) is 12.1 Å². The lowest BCUT2D eigenvalue weighted by atomic mass is 10.3. The summed E-state index contributed by atoms with van der Waals surface area (Å²) in [6.07, 6.45) is 0. The molecule has 2 heterocycles. The smallest absolute Gasteiger partial charge is 0.323 e. The molecule has 96 valence electrons. The minimum atomic E-state index is -1.08. The minimum absolute atomic E-state index is 0.137. The van der Waals surface area contributed by atoms with Gasteiger partial charge in [-0.05, 0) is 19.1 Å². The van der Waals surface area contributed by atoms with Gasteiger partial charge >= 0.3 is 5.97 Å². The maximum atomic E-state index is 12.3. The summed E-state index contributed by atoms with van der Waals surface area (Å²) in [5, 5.41) is 16.6. The zero-order valence-corrected chi connectivity index (χ0v) is 10.1. The first-order valence-corrected chi connectivity index (χ1v) is 5.64. The average molecular weight is 258 g/mol. The Balaban J connectivity index is 2.56. The quantitative estimate of drug-likeness (QED) is 0.720. The molecule has 7 heteroatoms. The standard InChI is InChI=1S/C12H10N4O3/c1-7-13-14-11-12(19)15(6-10(17)18)8-4-2-3-5-9(8)16(7)11/h2-5H,6H2,1H3,(H,17,18). The molecule has 0 aliphatic rings. The number of aryl methyl sites for hydroxylation is 1. The third-order valence-electron chi connectivity index (χ3n) is 2.97. The van der Waals surface area contributed by atoms with Gasteiger partial charge < -0.3 is 5.11 Å². The van der Waals surface area contributed by atoms with Crippen LogP contribution in [0.3, 0.4) is 0 Å². The van der Waals surface area contributed by atoms with Crippen molar-refractivity contribution in [3.63, 3.8) is 0 Å². The highest BCUT2D eigenvalue weighted by molar-refractivity contribution is 5.80. The highest BCUT2D eigenvalue weighted by Crippen LogP contribution is 2.14. The number of nitrogens with zero attached hydrogens (tertiary/aromatic N) is 4. The van der Waals surface area contributed by atoms with Crippen LogP contribution in [0.25, 0.3) is 16.7 Å². The average Bonchev–Trinajstić information content (AvgIpc) is 2.77. The number of hydrogen-bond donors (Lipinski definition) is 1. The van der Waals surface area contributed by atoms with Gasteiger partial charge in [0.2, 0.25) is 5.65 Å². The van der Waals surface area contributed by atoms with E-state index in [9.17, 15) is 9.59 Å². The van der Waals surface area contributed by atoms with Gasteiger partial charge in [-0.25, -0.2) is 0 Å². The molecule has 3 aromatic rings. The molecule has 2 aromatic heterocycles. The van der Waals surface area contributed by atoms with Crippen molar-refractivity contribution < 1.29 is 9.90 Å². The van der Waals surface area contributed by atoms with Gasteiger partial charge in [-0.15, -0.1) is 10.2 Å². The molecular weight excluding hydrogens is 248 g/mol. The first-order chi connectivity index (χ1) is 9.09. The fourth-order valence-electron chi connectivity index (χ4n) is 2.19. The van der Waals surface area contributed by atoms with Gasteiger partial charge in [-0.3, -0.25) is 18.6 Å². The zero-order valence-electron chi connectivity index (χ0n) is 10.1. The van der Waals surface area contributed by atoms with Crippen molar-refractivity contribution in [1.29, 1.82) is 0 Å². The Bertz CT molecular complexity index is 862. The molecule has 0 spiro atoms. The highest BCUT2D eigenvalue weighted by Gasteiger charge is 2.15. The molecule has 0 aliphatic carbocycles. The molecule has 1 N–H and O–H groups in total. The summed E-state index contributed by atoms with van der Waals surface area (Å²) in [4.78, 5) is 23.2. The van der Waals surface area contributed by atoms with Crippen molar-refractivity contribution in [2.24, 2.45) is 0 Å². The van der Waals surface area contributed by atoms with Crippen LogP contribution in [-0.4, -0.2) is 30.2 Å². The van der Waals surface area contributed by atoms with E-state index in [4.69, 9.17) is 5.11 Å². The second-order valence-corrected chi connectivity index (χ2v) is 4.18. The number of carboxylic acids is 1. The van der Waals surface area contributed by atoms with Crippen LogP contribution in [0.1, 0.15) is 5.82 Å². The van der Waals surface area contributed by atoms with Crippen LogP contribution in [0.4, 0.5) is 0 Å². The Hall–Kier alpha value is -2.70. The molecule has 0 radical (unpaired) electrons. The lowest BCUT2D eigenvalue weighted by Crippen LogP contribution is -2.26. The van der Waals surface area contributed by atoms with E-state index in [-0.39, 0.29) is 5.65 Å². The number of rotatable bonds is 2. The van der Waals surface area contributed by atoms with Gasteiger partial charge in [0.1, 0.15) is 12.4 Å². The molecule has 7 nitrogen and oxygen atoms in total. The molecule has 0 aliphatic heterocycles. The van der Waals surface area contributed by atoms with Gasteiger partial charge in [0.15, 0.2) is 0 Å². The molecule has 0 saturated heterocycles. The number of fused-ring (bicyclic) bond motifs is 3. The molecule has 1 aromatic carbocycles. The van der Waals surface area contributed by atoms with Gasteiger partial charge in [0.25, 0.3) is 5.56 Å². The number of carboxylic acid groups (broad SMARTS) is 1. The van der Waals surface area contributed by atoms with Crippen molar-refractivity contribution in [2.75, 3.05) is 0 Å². The van der Waals surface area contributed by atoms with Gasteiger partial charge in [0.05, 0.1) is 11.0 Å². The Morgan fingerprint density at radius 3 is 2.63 bits per heavy atom. The molecule has 0 saturated carbocycles. The molecule has 0 atom stereocenters. The summed E-state index contributed by atoms with van der Waals surface area (Å²) < 4.78 is 2.83. The molecule has 19 heavy (non-hydrogen) atoms. The maximum absolute atomic E-state index is 12.3. The monoisotopic (exact) mass is 258 g/mol. The Morgan fingerprint density at radius 1 is 1.26 bits per heavy atom. The first kappa shape index (κ1) is 11.4. The summed E-state index contributed by atoms with van der Waals surface area (Å²) in [7, 11) is 0. The van der Waals surface area contributed by atoms with Crippen LogP contribution in [0.2, 0.25) is 0 Å². The van der Waals surface area contributed by atoms with Crippen LogP contribution < -0.4 is 5.56 Å². The van der Waals surface area contributed by atoms with Crippen molar-refractivity contribution in [3.05, 3.63) is 40.4 Å². The van der Waals surface area contributed by atoms with E-state index < -0.39 is 18.1 Å². The van der Waals surface area contributed by atoms with E-state index in [2.05, 4.69) is 10.2 Å². The van der Waals surface area contributed by atoms with E-state index in [1.807, 2.05) is 6.07 Å². The summed E-state index contributed by atoms with van der Waals surface area (Å²) in [5.41, 5.74) is 0.935. The predicted octanol–water partition coefficient (Wildman–Crippen LogP) is 0.437. The number of hydrogen-bond acceptors (Lipinski definition) is 4. The van der Waals surface area contributed by atoms with E-state index >= 15 is 0 Å². The first-order valence-electron chi connectivity index (χ1n) is 5.64. The molecule has 0 bridgehead atoms. The lowest BCUT2D eigenvalue weighted by Gasteiger charge is -2.09. The van der Waals surface area contributed by atoms with E-state index in [0.29, 0.717) is 16.9 Å². The number of aliphatic carboxylic acids is 1. The highest BCUT2D eigenvalue weighted by atomic mass is 16.4. The van der Waals surface area contributed by atoms with E-state index in [1.165, 1.54) is 4.57 Å². The summed E-state index contributed by atoms with van der Waals surface area (Å²) in [6, 6.07) is 7.08. The van der Waals surface area contributed by atoms with Gasteiger partial charge in [-0.2, -0.15) is 0 Å². The van der Waals surface area contributed by atoms with Crippen molar-refractivity contribution in [2.45, 2.75) is 13.5 Å². The second-order valence-electron chi connectivity index (χ2n) is 4.18. The Kier molecular flexibility index (Phi) is 2.34. The second kappa shape index (κ2) is 3.91. The summed E-state index contributed by atoms with van der Waals surface area (Å²) >= 11 is 0. The molecule has 0 unspecified atom stereocenters. The number of aromatic nitrogens is 4. The third-order valence-corrected chi connectivity index (χ3v) is 2.97. The zero-order chi connectivity index (χ0) is 13.6. The summed E-state index contributed by atoms with van der Waals surface area (Å²) in [5.74, 6) is -0.487. The van der Waals surface area contributed by atoms with Crippen LogP contribution in [0.5, 0.6) is 0 Å². The molecule has 0 amide bonds. The van der Waals surface area contributed by atoms with Gasteiger partial charge in [0, 0.05) is 0 Å². The third kappa shape index (κ3) is 1.59. The van der Waals surface area contributed by atoms with E-state index in [0.717, 1.165) is 0 Å². The summed E-state index contributed by atoms with van der Waals surface area (Å²) in [6.45, 7) is 1.34. The fraction of sp³-hybridized carbons (Fsp3) is 0.167. The lowest BCUT2D eigenvalue weighted by molar-refractivity contribution is -0.137. The normalized spacial score (nSPS) is 11.2. The van der Waals surface area contributed by atoms with Crippen molar-refractivity contribution in [1.82, 2.24) is 19.2 Å². The van der Waals surface area contributed by atoms with Crippen LogP contribution in [-0.2, 0) is 11.3 Å². The maximum Gasteiger partial charge on any atom is 0.323 e. The molecular formula is C12H10N4O3.